The highest BCUT2D eigenvalue weighted by atomic mass is 35.5. The van der Waals surface area contributed by atoms with Crippen molar-refractivity contribution >= 4 is 22.8 Å². The predicted octanol–water partition coefficient (Wildman–Crippen LogP) is -0.519. The molecule has 3 heterocycles. The molecule has 3 rings (SSSR count). The molecule has 3 N–H and O–H groups in total. The summed E-state index contributed by atoms with van der Waals surface area (Å²) in [6, 6.07) is 0. The standard InChI is InChI=1S/C11H13ClN4O4/c1-11(19)5(2-17)20-10(7(11)18)16-4-15-6-8(12)13-3-14-9(6)16/h3-5,7,10,17-19H,2H2,1H3/t5?,7?,10?,11-/m1/s1. The number of fused-ring (bicyclic) bond motifs is 1. The summed E-state index contributed by atoms with van der Waals surface area (Å²) in [5.41, 5.74) is -0.826. The molecule has 0 saturated carbocycles. The zero-order chi connectivity index (χ0) is 14.5. The maximum absolute atomic E-state index is 10.2. The molecule has 8 nitrogen and oxygen atoms in total. The second kappa shape index (κ2) is 4.61. The molecular formula is C11H13ClN4O4. The predicted molar refractivity (Wildman–Crippen MR) is 68.0 cm³/mol. The maximum atomic E-state index is 10.2. The molecule has 1 saturated heterocycles. The molecule has 0 aliphatic carbocycles. The number of aliphatic hydroxyl groups is 3. The van der Waals surface area contributed by atoms with E-state index in [0.717, 1.165) is 0 Å². The Morgan fingerprint density at radius 2 is 2.20 bits per heavy atom. The Hall–Kier alpha value is -1.32. The van der Waals surface area contributed by atoms with Crippen molar-refractivity contribution in [3.05, 3.63) is 17.8 Å². The van der Waals surface area contributed by atoms with Crippen molar-refractivity contribution < 1.29 is 20.1 Å². The number of aliphatic hydroxyl groups excluding tert-OH is 2. The molecule has 2 aromatic heterocycles. The summed E-state index contributed by atoms with van der Waals surface area (Å²) in [5, 5.41) is 29.8. The highest BCUT2D eigenvalue weighted by Gasteiger charge is 2.52. The van der Waals surface area contributed by atoms with Crippen LogP contribution in [0.5, 0.6) is 0 Å². The molecule has 2 aromatic rings. The van der Waals surface area contributed by atoms with E-state index in [0.29, 0.717) is 11.2 Å². The highest BCUT2D eigenvalue weighted by molar-refractivity contribution is 6.33. The van der Waals surface area contributed by atoms with Crippen LogP contribution in [0.1, 0.15) is 13.2 Å². The second-order valence-electron chi connectivity index (χ2n) is 4.86. The number of halogens is 1. The number of hydrogen-bond acceptors (Lipinski definition) is 7. The summed E-state index contributed by atoms with van der Waals surface area (Å²) >= 11 is 5.91. The number of aromatic nitrogens is 4. The Labute approximate surface area is 118 Å². The van der Waals surface area contributed by atoms with Crippen molar-refractivity contribution in [3.8, 4) is 0 Å². The number of hydrogen-bond donors (Lipinski definition) is 3. The fourth-order valence-corrected chi connectivity index (χ4v) is 2.49. The SMILES string of the molecule is C[C@@]1(O)C(CO)OC(n2cnc3c(Cl)ncnc32)C1O. The molecule has 1 aliphatic rings. The van der Waals surface area contributed by atoms with Crippen LogP contribution in [-0.4, -0.2) is 59.3 Å². The molecule has 3 unspecified atom stereocenters. The van der Waals surface area contributed by atoms with Crippen LogP contribution in [0.3, 0.4) is 0 Å². The first-order chi connectivity index (χ1) is 9.46. The molecule has 0 radical (unpaired) electrons. The lowest BCUT2D eigenvalue weighted by Gasteiger charge is -2.25. The van der Waals surface area contributed by atoms with E-state index in [1.807, 2.05) is 0 Å². The van der Waals surface area contributed by atoms with Crippen molar-refractivity contribution in [2.24, 2.45) is 0 Å². The monoisotopic (exact) mass is 300 g/mol. The summed E-state index contributed by atoms with van der Waals surface area (Å²) in [5.74, 6) is 0. The Balaban J connectivity index is 2.06. The van der Waals surface area contributed by atoms with Crippen LogP contribution in [0, 0.1) is 0 Å². The minimum absolute atomic E-state index is 0.187. The van der Waals surface area contributed by atoms with E-state index in [2.05, 4.69) is 15.0 Å². The Bertz CT molecular complexity index is 646. The van der Waals surface area contributed by atoms with Gasteiger partial charge in [-0.3, -0.25) is 4.57 Å². The zero-order valence-electron chi connectivity index (χ0n) is 10.5. The Kier molecular flexibility index (Phi) is 3.14. The van der Waals surface area contributed by atoms with Gasteiger partial charge in [0.1, 0.15) is 29.7 Å². The molecule has 9 heteroatoms. The minimum atomic E-state index is -1.58. The molecule has 108 valence electrons. The molecule has 0 bridgehead atoms. The van der Waals surface area contributed by atoms with Gasteiger partial charge in [-0.05, 0) is 6.92 Å². The Morgan fingerprint density at radius 3 is 2.85 bits per heavy atom. The summed E-state index contributed by atoms with van der Waals surface area (Å²) in [7, 11) is 0. The highest BCUT2D eigenvalue weighted by Crippen LogP contribution is 2.38. The van der Waals surface area contributed by atoms with Crippen molar-refractivity contribution in [3.63, 3.8) is 0 Å². The van der Waals surface area contributed by atoms with Crippen molar-refractivity contribution in [1.29, 1.82) is 0 Å². The lowest BCUT2D eigenvalue weighted by atomic mass is 9.95. The van der Waals surface area contributed by atoms with Gasteiger partial charge in [-0.1, -0.05) is 11.6 Å². The largest absolute Gasteiger partial charge is 0.394 e. The van der Waals surface area contributed by atoms with Crippen LogP contribution in [-0.2, 0) is 4.74 Å². The molecule has 0 amide bonds. The first-order valence-corrected chi connectivity index (χ1v) is 6.34. The third-order valence-corrected chi connectivity index (χ3v) is 3.86. The summed E-state index contributed by atoms with van der Waals surface area (Å²) in [4.78, 5) is 11.9. The van der Waals surface area contributed by atoms with E-state index < -0.39 is 30.6 Å². The van der Waals surface area contributed by atoms with Gasteiger partial charge >= 0.3 is 0 Å². The topological polar surface area (TPSA) is 114 Å². The average Bonchev–Trinajstić information content (AvgIpc) is 2.92. The molecule has 1 fully saturated rings. The molecule has 4 atom stereocenters. The smallest absolute Gasteiger partial charge is 0.167 e. The number of nitrogens with zero attached hydrogens (tertiary/aromatic N) is 4. The first kappa shape index (κ1) is 13.7. The fourth-order valence-electron chi connectivity index (χ4n) is 2.31. The number of ether oxygens (including phenoxy) is 1. The van der Waals surface area contributed by atoms with Gasteiger partial charge in [0, 0.05) is 0 Å². The average molecular weight is 301 g/mol. The summed E-state index contributed by atoms with van der Waals surface area (Å²) < 4.78 is 6.96. The number of imidazole rings is 1. The van der Waals surface area contributed by atoms with Gasteiger partial charge in [0.15, 0.2) is 17.0 Å². The van der Waals surface area contributed by atoms with Gasteiger partial charge in [0.2, 0.25) is 0 Å². The molecular weight excluding hydrogens is 288 g/mol. The summed E-state index contributed by atoms with van der Waals surface area (Å²) in [6.07, 6.45) is -0.401. The van der Waals surface area contributed by atoms with Gasteiger partial charge in [-0.2, -0.15) is 0 Å². The van der Waals surface area contributed by atoms with Crippen LogP contribution >= 0.6 is 11.6 Å². The fraction of sp³-hybridized carbons (Fsp3) is 0.545. The van der Waals surface area contributed by atoms with Gasteiger partial charge in [0.25, 0.3) is 0 Å². The number of rotatable bonds is 2. The van der Waals surface area contributed by atoms with E-state index in [9.17, 15) is 15.3 Å². The molecule has 0 spiro atoms. The van der Waals surface area contributed by atoms with Crippen LogP contribution in [0.2, 0.25) is 5.15 Å². The third kappa shape index (κ3) is 1.80. The minimum Gasteiger partial charge on any atom is -0.394 e. The lowest BCUT2D eigenvalue weighted by molar-refractivity contribution is -0.0804. The van der Waals surface area contributed by atoms with E-state index in [1.54, 1.807) is 0 Å². The second-order valence-corrected chi connectivity index (χ2v) is 5.22. The van der Waals surface area contributed by atoms with Crippen LogP contribution in [0.4, 0.5) is 0 Å². The third-order valence-electron chi connectivity index (χ3n) is 3.58. The molecule has 1 aliphatic heterocycles. The maximum Gasteiger partial charge on any atom is 0.167 e. The molecule has 20 heavy (non-hydrogen) atoms. The lowest BCUT2D eigenvalue weighted by Crippen LogP contribution is -2.46. The van der Waals surface area contributed by atoms with E-state index in [4.69, 9.17) is 16.3 Å². The van der Waals surface area contributed by atoms with Crippen LogP contribution in [0.25, 0.3) is 11.2 Å². The van der Waals surface area contributed by atoms with Gasteiger partial charge < -0.3 is 20.1 Å². The van der Waals surface area contributed by atoms with Crippen molar-refractivity contribution in [2.75, 3.05) is 6.61 Å². The van der Waals surface area contributed by atoms with Gasteiger partial charge in [-0.25, -0.2) is 15.0 Å². The van der Waals surface area contributed by atoms with Crippen LogP contribution in [0.15, 0.2) is 12.7 Å². The van der Waals surface area contributed by atoms with Crippen molar-refractivity contribution in [1.82, 2.24) is 19.5 Å². The van der Waals surface area contributed by atoms with Gasteiger partial charge in [-0.15, -0.1) is 0 Å². The van der Waals surface area contributed by atoms with Crippen LogP contribution < -0.4 is 0 Å². The van der Waals surface area contributed by atoms with Gasteiger partial charge in [0.05, 0.1) is 12.9 Å². The zero-order valence-corrected chi connectivity index (χ0v) is 11.3. The van der Waals surface area contributed by atoms with E-state index in [-0.39, 0.29) is 5.15 Å². The summed E-state index contributed by atoms with van der Waals surface area (Å²) in [6.45, 7) is 0.989. The van der Waals surface area contributed by atoms with E-state index >= 15 is 0 Å². The quantitative estimate of drug-likeness (QED) is 0.640. The first-order valence-electron chi connectivity index (χ1n) is 5.96. The van der Waals surface area contributed by atoms with Crippen molar-refractivity contribution in [2.45, 2.75) is 31.0 Å². The normalized spacial score (nSPS) is 34.0. The van der Waals surface area contributed by atoms with E-state index in [1.165, 1.54) is 24.1 Å². The molecule has 0 aromatic carbocycles. The Morgan fingerprint density at radius 1 is 1.45 bits per heavy atom.